The second-order valence-corrected chi connectivity index (χ2v) is 3.45. The van der Waals surface area contributed by atoms with Gasteiger partial charge in [-0.25, -0.2) is 4.79 Å². The van der Waals surface area contributed by atoms with Gasteiger partial charge in [0, 0.05) is 26.7 Å². The van der Waals surface area contributed by atoms with Gasteiger partial charge in [-0.1, -0.05) is 0 Å². The van der Waals surface area contributed by atoms with E-state index < -0.39 is 12.0 Å². The van der Waals surface area contributed by atoms with E-state index in [1.54, 1.807) is 14.2 Å². The first-order chi connectivity index (χ1) is 7.61. The number of nitrogens with one attached hydrogen (secondary N) is 2. The van der Waals surface area contributed by atoms with Crippen molar-refractivity contribution >= 4 is 11.9 Å². The van der Waals surface area contributed by atoms with Gasteiger partial charge in [0.25, 0.3) is 0 Å². The van der Waals surface area contributed by atoms with E-state index in [9.17, 15) is 9.59 Å². The van der Waals surface area contributed by atoms with E-state index in [1.165, 1.54) is 0 Å². The Labute approximate surface area is 95.4 Å². The number of carbonyl (C=O) groups is 2. The summed E-state index contributed by atoms with van der Waals surface area (Å²) in [7, 11) is 3.29. The summed E-state index contributed by atoms with van der Waals surface area (Å²) in [5, 5.41) is 14.2. The maximum Gasteiger partial charge on any atom is 0.326 e. The van der Waals surface area contributed by atoms with Crippen LogP contribution in [0, 0.1) is 0 Å². The maximum absolute atomic E-state index is 11.3. The van der Waals surface area contributed by atoms with Crippen molar-refractivity contribution in [1.82, 2.24) is 10.6 Å². The van der Waals surface area contributed by atoms with Crippen LogP contribution >= 0.6 is 0 Å². The van der Waals surface area contributed by atoms with Crippen molar-refractivity contribution in [1.29, 1.82) is 0 Å². The molecule has 0 aromatic heterocycles. The highest BCUT2D eigenvalue weighted by atomic mass is 16.5. The highest BCUT2D eigenvalue weighted by Crippen LogP contribution is 1.98. The molecule has 0 heterocycles. The summed E-state index contributed by atoms with van der Waals surface area (Å²) < 4.78 is 4.83. The molecule has 3 N–H and O–H groups in total. The van der Waals surface area contributed by atoms with Crippen molar-refractivity contribution in [2.75, 3.05) is 27.3 Å². The van der Waals surface area contributed by atoms with Crippen LogP contribution in [0.2, 0.25) is 0 Å². The summed E-state index contributed by atoms with van der Waals surface area (Å²) in [6.07, 6.45) is 1.28. The molecule has 0 aliphatic carbocycles. The quantitative estimate of drug-likeness (QED) is 0.470. The second-order valence-electron chi connectivity index (χ2n) is 3.45. The van der Waals surface area contributed by atoms with Crippen molar-refractivity contribution in [3.63, 3.8) is 0 Å². The Balaban J connectivity index is 3.92. The van der Waals surface area contributed by atoms with Crippen molar-refractivity contribution in [2.24, 2.45) is 0 Å². The fourth-order valence-electron chi connectivity index (χ4n) is 1.19. The average Bonchev–Trinajstić information content (AvgIpc) is 2.25. The minimum Gasteiger partial charge on any atom is -0.480 e. The molecule has 6 heteroatoms. The Morgan fingerprint density at radius 3 is 2.62 bits per heavy atom. The van der Waals surface area contributed by atoms with Crippen molar-refractivity contribution in [3.8, 4) is 0 Å². The normalized spacial score (nSPS) is 12.1. The summed E-state index contributed by atoms with van der Waals surface area (Å²) in [4.78, 5) is 22.1. The predicted molar refractivity (Wildman–Crippen MR) is 59.2 cm³/mol. The van der Waals surface area contributed by atoms with E-state index >= 15 is 0 Å². The Bertz CT molecular complexity index is 221. The number of aliphatic carboxylic acids is 1. The molecule has 0 fully saturated rings. The van der Waals surface area contributed by atoms with Gasteiger partial charge in [0.1, 0.15) is 6.04 Å². The first-order valence-corrected chi connectivity index (χ1v) is 5.27. The molecule has 0 spiro atoms. The highest BCUT2D eigenvalue weighted by Gasteiger charge is 2.18. The van der Waals surface area contributed by atoms with Crippen molar-refractivity contribution in [3.05, 3.63) is 0 Å². The lowest BCUT2D eigenvalue weighted by molar-refractivity contribution is -0.142. The molecule has 1 atom stereocenters. The number of carboxylic acids is 1. The van der Waals surface area contributed by atoms with Crippen LogP contribution in [0.4, 0.5) is 0 Å². The van der Waals surface area contributed by atoms with Crippen LogP contribution in [0.1, 0.15) is 19.3 Å². The van der Waals surface area contributed by atoms with Gasteiger partial charge in [-0.3, -0.25) is 4.79 Å². The third-order valence-corrected chi connectivity index (χ3v) is 2.08. The number of methoxy groups -OCH3 is 1. The molecule has 1 amide bonds. The predicted octanol–water partition coefficient (Wildman–Crippen LogP) is -0.408. The lowest BCUT2D eigenvalue weighted by Gasteiger charge is -2.14. The van der Waals surface area contributed by atoms with E-state index in [-0.39, 0.29) is 12.3 Å². The molecule has 94 valence electrons. The fourth-order valence-corrected chi connectivity index (χ4v) is 1.19. The molecule has 0 aliphatic rings. The number of amides is 1. The van der Waals surface area contributed by atoms with Crippen LogP contribution in [0.5, 0.6) is 0 Å². The van der Waals surface area contributed by atoms with Crippen LogP contribution in [-0.2, 0) is 14.3 Å². The number of hydrogen-bond donors (Lipinski definition) is 3. The van der Waals surface area contributed by atoms with Crippen LogP contribution in [0.25, 0.3) is 0 Å². The first kappa shape index (κ1) is 14.9. The zero-order chi connectivity index (χ0) is 12.4. The van der Waals surface area contributed by atoms with Gasteiger partial charge in [0.05, 0.1) is 0 Å². The average molecular weight is 232 g/mol. The maximum atomic E-state index is 11.3. The molecule has 0 bridgehead atoms. The van der Waals surface area contributed by atoms with E-state index in [1.807, 2.05) is 0 Å². The van der Waals surface area contributed by atoms with Crippen molar-refractivity contribution in [2.45, 2.75) is 25.3 Å². The van der Waals surface area contributed by atoms with Gasteiger partial charge in [0.2, 0.25) is 5.91 Å². The molecule has 0 aromatic carbocycles. The standard InChI is InChI=1S/C10H20N2O4/c1-11-6-5-9(13)12-8(10(14)15)4-3-7-16-2/h8,11H,3-7H2,1-2H3,(H,12,13)(H,14,15). The largest absolute Gasteiger partial charge is 0.480 e. The zero-order valence-corrected chi connectivity index (χ0v) is 9.78. The number of carbonyl (C=O) groups excluding carboxylic acids is 1. The van der Waals surface area contributed by atoms with Gasteiger partial charge < -0.3 is 20.5 Å². The van der Waals surface area contributed by atoms with E-state index in [0.717, 1.165) is 0 Å². The van der Waals surface area contributed by atoms with Gasteiger partial charge >= 0.3 is 5.97 Å². The summed E-state index contributed by atoms with van der Waals surface area (Å²) in [6, 6.07) is -0.820. The fraction of sp³-hybridized carbons (Fsp3) is 0.800. The Morgan fingerprint density at radius 2 is 2.12 bits per heavy atom. The monoisotopic (exact) mass is 232 g/mol. The highest BCUT2D eigenvalue weighted by molar-refractivity contribution is 5.83. The molecular weight excluding hydrogens is 212 g/mol. The van der Waals surface area contributed by atoms with Crippen LogP contribution < -0.4 is 10.6 Å². The van der Waals surface area contributed by atoms with Gasteiger partial charge in [-0.15, -0.1) is 0 Å². The molecular formula is C10H20N2O4. The third-order valence-electron chi connectivity index (χ3n) is 2.08. The third kappa shape index (κ3) is 7.19. The first-order valence-electron chi connectivity index (χ1n) is 5.27. The smallest absolute Gasteiger partial charge is 0.326 e. The topological polar surface area (TPSA) is 87.7 Å². The van der Waals surface area contributed by atoms with E-state index in [4.69, 9.17) is 9.84 Å². The number of hydrogen-bond acceptors (Lipinski definition) is 4. The molecule has 0 saturated carbocycles. The second kappa shape index (κ2) is 9.11. The van der Waals surface area contributed by atoms with Gasteiger partial charge in [-0.05, 0) is 19.9 Å². The minimum atomic E-state index is -1.01. The summed E-state index contributed by atoms with van der Waals surface area (Å²) >= 11 is 0. The van der Waals surface area contributed by atoms with Crippen LogP contribution in [-0.4, -0.2) is 50.3 Å². The lowest BCUT2D eigenvalue weighted by Crippen LogP contribution is -2.41. The van der Waals surface area contributed by atoms with Crippen molar-refractivity contribution < 1.29 is 19.4 Å². The number of carboxylic acid groups (broad SMARTS) is 1. The summed E-state index contributed by atoms with van der Waals surface area (Å²) in [5.74, 6) is -1.26. The number of rotatable bonds is 9. The molecule has 0 saturated heterocycles. The van der Waals surface area contributed by atoms with E-state index in [2.05, 4.69) is 10.6 Å². The zero-order valence-electron chi connectivity index (χ0n) is 9.78. The molecule has 16 heavy (non-hydrogen) atoms. The molecule has 0 aromatic rings. The van der Waals surface area contributed by atoms with Gasteiger partial charge in [-0.2, -0.15) is 0 Å². The van der Waals surface area contributed by atoms with Crippen LogP contribution in [0.3, 0.4) is 0 Å². The number of ether oxygens (including phenoxy) is 1. The Morgan fingerprint density at radius 1 is 1.44 bits per heavy atom. The molecule has 0 rings (SSSR count). The molecule has 0 aliphatic heterocycles. The molecule has 6 nitrogen and oxygen atoms in total. The Kier molecular flexibility index (Phi) is 8.46. The van der Waals surface area contributed by atoms with Gasteiger partial charge in [0.15, 0.2) is 0 Å². The molecule has 1 unspecified atom stereocenters. The lowest BCUT2D eigenvalue weighted by atomic mass is 10.1. The van der Waals surface area contributed by atoms with E-state index in [0.29, 0.717) is 26.0 Å². The minimum absolute atomic E-state index is 0.251. The summed E-state index contributed by atoms with van der Waals surface area (Å²) in [6.45, 7) is 1.03. The molecule has 0 radical (unpaired) electrons. The Hall–Kier alpha value is -1.14. The van der Waals surface area contributed by atoms with Crippen LogP contribution in [0.15, 0.2) is 0 Å². The SMILES string of the molecule is CNCCC(=O)NC(CCCOC)C(=O)O. The summed E-state index contributed by atoms with van der Waals surface area (Å²) in [5.41, 5.74) is 0.